The Labute approximate surface area is 321 Å². The van der Waals surface area contributed by atoms with Gasteiger partial charge in [-0.3, -0.25) is 14.4 Å². The summed E-state index contributed by atoms with van der Waals surface area (Å²) in [4.78, 5) is 46.4. The Balaban J connectivity index is 1.19. The van der Waals surface area contributed by atoms with E-state index in [1.807, 2.05) is 67.4 Å². The van der Waals surface area contributed by atoms with Crippen molar-refractivity contribution < 1.29 is 38.1 Å². The highest BCUT2D eigenvalue weighted by atomic mass is 16.5. The molecule has 3 aromatic carbocycles. The molecule has 1 saturated carbocycles. The third-order valence-electron chi connectivity index (χ3n) is 11.1. The van der Waals surface area contributed by atoms with E-state index in [1.165, 1.54) is 0 Å². The minimum atomic E-state index is -0.616. The lowest BCUT2D eigenvalue weighted by Crippen LogP contribution is -2.50. The fraction of sp³-hybridized carbons (Fsp3) is 0.452. The molecule has 0 radical (unpaired) electrons. The van der Waals surface area contributed by atoms with Crippen LogP contribution in [0, 0.1) is 11.8 Å². The summed E-state index contributed by atoms with van der Waals surface area (Å²) in [6, 6.07) is 16.3. The summed E-state index contributed by atoms with van der Waals surface area (Å²) >= 11 is 0. The maximum absolute atomic E-state index is 15.0. The molecular weight excluding hydrogens is 702 g/mol. The molecular formula is C42H49N5O8. The molecule has 0 N–H and O–H groups in total. The minimum Gasteiger partial charge on any atom is -0.497 e. The predicted molar refractivity (Wildman–Crippen MR) is 202 cm³/mol. The van der Waals surface area contributed by atoms with Crippen LogP contribution in [0.1, 0.15) is 89.9 Å². The Hall–Kier alpha value is -5.59. The first kappa shape index (κ1) is 37.7. The van der Waals surface area contributed by atoms with Crippen LogP contribution in [0.15, 0.2) is 60.8 Å². The van der Waals surface area contributed by atoms with E-state index in [1.54, 1.807) is 43.0 Å². The molecule has 0 saturated heterocycles. The summed E-state index contributed by atoms with van der Waals surface area (Å²) in [6.45, 7) is 5.27. The molecule has 13 heteroatoms. The van der Waals surface area contributed by atoms with Crippen molar-refractivity contribution in [1.29, 1.82) is 0 Å². The monoisotopic (exact) mass is 751 g/mol. The fourth-order valence-corrected chi connectivity index (χ4v) is 8.16. The first-order chi connectivity index (χ1) is 26.7. The van der Waals surface area contributed by atoms with Crippen molar-refractivity contribution in [2.24, 2.45) is 11.8 Å². The van der Waals surface area contributed by atoms with Crippen molar-refractivity contribution in [3.8, 4) is 23.0 Å². The lowest BCUT2D eigenvalue weighted by molar-refractivity contribution is -0.159. The lowest BCUT2D eigenvalue weighted by atomic mass is 9.77. The molecule has 1 aliphatic carbocycles. The third kappa shape index (κ3) is 7.69. The van der Waals surface area contributed by atoms with E-state index in [9.17, 15) is 9.59 Å². The van der Waals surface area contributed by atoms with Crippen molar-refractivity contribution in [3.63, 3.8) is 0 Å². The zero-order valence-electron chi connectivity index (χ0n) is 32.2. The van der Waals surface area contributed by atoms with Gasteiger partial charge in [0.2, 0.25) is 5.91 Å². The Bertz CT molecular complexity index is 2050. The van der Waals surface area contributed by atoms with E-state index in [0.29, 0.717) is 72.2 Å². The molecule has 13 nitrogen and oxygen atoms in total. The van der Waals surface area contributed by atoms with Crippen molar-refractivity contribution >= 4 is 17.8 Å². The number of rotatable bonds is 13. The first-order valence-electron chi connectivity index (χ1n) is 19.0. The quantitative estimate of drug-likeness (QED) is 0.148. The van der Waals surface area contributed by atoms with Crippen LogP contribution in [-0.2, 0) is 40.5 Å². The Morgan fingerprint density at radius 3 is 2.38 bits per heavy atom. The van der Waals surface area contributed by atoms with Crippen LogP contribution in [0.5, 0.6) is 23.0 Å². The molecule has 3 heterocycles. The van der Waals surface area contributed by atoms with E-state index >= 15 is 4.79 Å². The smallest absolute Gasteiger partial charge is 0.310 e. The standard InChI is InChI=1S/C42H49N5O8/c1-26(2)47-22-29(43-44-47)25-54-37-17-16-36(52-4)34-18-19-46(35(39(34)37)23-45-21-27-10-6-7-11-31(27)40(45)48)41(49)32-12-8-9-13-33(32)42(50)55-24-28-14-15-30(51-3)20-38(28)53-5/h6-7,10-11,14-17,20,22,26,32-33,35H,8-9,12-13,18-19,21,23-25H2,1-5H3/t32-,33+,35-/m1/s1. The molecule has 3 aliphatic rings. The molecule has 7 rings (SSSR count). The molecule has 1 aromatic heterocycles. The maximum Gasteiger partial charge on any atom is 0.310 e. The second-order valence-corrected chi connectivity index (χ2v) is 14.7. The summed E-state index contributed by atoms with van der Waals surface area (Å²) in [6.07, 6.45) is 5.11. The van der Waals surface area contributed by atoms with Gasteiger partial charge in [0.25, 0.3) is 5.91 Å². The summed E-state index contributed by atoms with van der Waals surface area (Å²) in [7, 11) is 4.77. The van der Waals surface area contributed by atoms with Crippen molar-refractivity contribution in [2.75, 3.05) is 34.4 Å². The van der Waals surface area contributed by atoms with Gasteiger partial charge in [-0.15, -0.1) is 5.10 Å². The van der Waals surface area contributed by atoms with Gasteiger partial charge in [-0.25, -0.2) is 4.68 Å². The highest BCUT2D eigenvalue weighted by Gasteiger charge is 2.44. The highest BCUT2D eigenvalue weighted by Crippen LogP contribution is 2.45. The van der Waals surface area contributed by atoms with Crippen LogP contribution in [0.3, 0.4) is 0 Å². The summed E-state index contributed by atoms with van der Waals surface area (Å²) in [5.74, 6) is 0.627. The third-order valence-corrected chi connectivity index (χ3v) is 11.1. The van der Waals surface area contributed by atoms with Gasteiger partial charge in [0.1, 0.15) is 41.9 Å². The number of aromatic nitrogens is 3. The summed E-state index contributed by atoms with van der Waals surface area (Å²) in [5, 5.41) is 8.53. The second kappa shape index (κ2) is 16.4. The number of ether oxygens (including phenoxy) is 5. The van der Waals surface area contributed by atoms with Crippen LogP contribution in [0.2, 0.25) is 0 Å². The molecule has 0 spiro atoms. The van der Waals surface area contributed by atoms with Crippen molar-refractivity contribution in [1.82, 2.24) is 24.8 Å². The molecule has 290 valence electrons. The molecule has 2 aliphatic heterocycles. The number of hydrogen-bond acceptors (Lipinski definition) is 10. The second-order valence-electron chi connectivity index (χ2n) is 14.7. The number of esters is 1. The number of methoxy groups -OCH3 is 3. The number of hydrogen-bond donors (Lipinski definition) is 0. The first-order valence-corrected chi connectivity index (χ1v) is 19.0. The molecule has 0 bridgehead atoms. The number of amides is 2. The van der Waals surface area contributed by atoms with Crippen LogP contribution in [0.25, 0.3) is 0 Å². The maximum atomic E-state index is 15.0. The van der Waals surface area contributed by atoms with E-state index < -0.39 is 23.8 Å². The summed E-state index contributed by atoms with van der Waals surface area (Å²) < 4.78 is 30.9. The molecule has 0 unspecified atom stereocenters. The van der Waals surface area contributed by atoms with Gasteiger partial charge in [-0.1, -0.05) is 36.3 Å². The zero-order chi connectivity index (χ0) is 38.6. The van der Waals surface area contributed by atoms with Crippen LogP contribution in [-0.4, -0.2) is 77.0 Å². The van der Waals surface area contributed by atoms with Crippen molar-refractivity contribution in [3.05, 3.63) is 94.3 Å². The normalized spacial score (nSPS) is 19.2. The summed E-state index contributed by atoms with van der Waals surface area (Å²) in [5.41, 5.74) is 4.69. The minimum absolute atomic E-state index is 0.00613. The van der Waals surface area contributed by atoms with Gasteiger partial charge in [0.05, 0.1) is 45.4 Å². The molecule has 1 fully saturated rings. The van der Waals surface area contributed by atoms with Crippen molar-refractivity contribution in [2.45, 2.75) is 77.8 Å². The largest absolute Gasteiger partial charge is 0.497 e. The van der Waals surface area contributed by atoms with Gasteiger partial charge in [-0.2, -0.15) is 0 Å². The Morgan fingerprint density at radius 2 is 1.65 bits per heavy atom. The van der Waals surface area contributed by atoms with Crippen LogP contribution < -0.4 is 18.9 Å². The number of carbonyl (C=O) groups excluding carboxylic acids is 3. The van der Waals surface area contributed by atoms with Gasteiger partial charge in [-0.05, 0) is 69.0 Å². The van der Waals surface area contributed by atoms with Gasteiger partial charge >= 0.3 is 5.97 Å². The van der Waals surface area contributed by atoms with Gasteiger partial charge in [0, 0.05) is 54.0 Å². The van der Waals surface area contributed by atoms with Crippen LogP contribution in [0.4, 0.5) is 0 Å². The Kier molecular flexibility index (Phi) is 11.3. The van der Waals surface area contributed by atoms with E-state index in [2.05, 4.69) is 10.3 Å². The molecule has 2 amide bonds. The lowest BCUT2D eigenvalue weighted by Gasteiger charge is -2.43. The number of carbonyl (C=O) groups is 3. The average molecular weight is 752 g/mol. The van der Waals surface area contributed by atoms with Gasteiger partial charge < -0.3 is 33.5 Å². The van der Waals surface area contributed by atoms with Crippen LogP contribution >= 0.6 is 0 Å². The number of benzene rings is 3. The number of nitrogens with zero attached hydrogens (tertiary/aromatic N) is 5. The zero-order valence-corrected chi connectivity index (χ0v) is 32.2. The predicted octanol–water partition coefficient (Wildman–Crippen LogP) is 6.10. The van der Waals surface area contributed by atoms with Gasteiger partial charge in [0.15, 0.2) is 0 Å². The molecule has 55 heavy (non-hydrogen) atoms. The highest BCUT2D eigenvalue weighted by molar-refractivity contribution is 5.98. The average Bonchev–Trinajstić information content (AvgIpc) is 3.83. The molecule has 4 aromatic rings. The van der Waals surface area contributed by atoms with E-state index in [-0.39, 0.29) is 37.6 Å². The topological polar surface area (TPSA) is 135 Å². The Morgan fingerprint density at radius 1 is 0.891 bits per heavy atom. The number of fused-ring (bicyclic) bond motifs is 2. The SMILES string of the molecule is COc1ccc(COC(=O)[C@H]2CCCC[C@H]2C(=O)N2CCc3c(OC)ccc(OCc4cn(C(C)C)nn4)c3[C@H]2CN2Cc3ccccc3C2=O)c(OC)c1. The van der Waals surface area contributed by atoms with E-state index in [4.69, 9.17) is 23.7 Å². The molecule has 3 atom stereocenters. The fourth-order valence-electron chi connectivity index (χ4n) is 8.16. The van der Waals surface area contributed by atoms with E-state index in [0.717, 1.165) is 29.5 Å².